The maximum atomic E-state index is 5.83. The molecular formula is C16H24O. The summed E-state index contributed by atoms with van der Waals surface area (Å²) in [5, 5.41) is 0. The molecule has 1 aliphatic rings. The Kier molecular flexibility index (Phi) is 5.06. The first-order valence-corrected chi connectivity index (χ1v) is 6.98. The average molecular weight is 232 g/mol. The van der Waals surface area contributed by atoms with Gasteiger partial charge in [-0.05, 0) is 17.4 Å². The van der Waals surface area contributed by atoms with Crippen LogP contribution < -0.4 is 0 Å². The van der Waals surface area contributed by atoms with Crippen LogP contribution in [0.3, 0.4) is 0 Å². The van der Waals surface area contributed by atoms with Gasteiger partial charge in [0.15, 0.2) is 0 Å². The van der Waals surface area contributed by atoms with Gasteiger partial charge in [0.25, 0.3) is 0 Å². The standard InChI is InChI=1S/C16H24O/c1-14(16-10-6-3-7-11-16)12-17-13-15-8-4-2-5-9-15/h2,4-5,8-9,14,16H,3,6-7,10-13H2,1H3. The van der Waals surface area contributed by atoms with Gasteiger partial charge in [-0.1, -0.05) is 69.4 Å². The molecule has 0 heterocycles. The van der Waals surface area contributed by atoms with Gasteiger partial charge in [0, 0.05) is 6.61 Å². The molecule has 0 radical (unpaired) electrons. The predicted octanol–water partition coefficient (Wildman–Crippen LogP) is 4.42. The van der Waals surface area contributed by atoms with Crippen molar-refractivity contribution in [2.24, 2.45) is 11.8 Å². The van der Waals surface area contributed by atoms with E-state index in [1.807, 2.05) is 6.07 Å². The molecule has 0 spiro atoms. The van der Waals surface area contributed by atoms with E-state index in [0.29, 0.717) is 0 Å². The predicted molar refractivity (Wildman–Crippen MR) is 71.8 cm³/mol. The maximum Gasteiger partial charge on any atom is 0.0717 e. The molecule has 0 aromatic heterocycles. The monoisotopic (exact) mass is 232 g/mol. The molecule has 0 aliphatic heterocycles. The van der Waals surface area contributed by atoms with Crippen LogP contribution in [0.15, 0.2) is 30.3 Å². The third kappa shape index (κ3) is 4.16. The molecule has 1 heteroatoms. The van der Waals surface area contributed by atoms with Crippen molar-refractivity contribution < 1.29 is 4.74 Å². The molecule has 1 saturated carbocycles. The van der Waals surface area contributed by atoms with Crippen LogP contribution in [0.25, 0.3) is 0 Å². The lowest BCUT2D eigenvalue weighted by molar-refractivity contribution is 0.0639. The molecule has 17 heavy (non-hydrogen) atoms. The van der Waals surface area contributed by atoms with Gasteiger partial charge >= 0.3 is 0 Å². The normalized spacial score (nSPS) is 19.1. The Morgan fingerprint density at radius 3 is 2.53 bits per heavy atom. The van der Waals surface area contributed by atoms with Crippen LogP contribution in [-0.2, 0) is 11.3 Å². The Morgan fingerprint density at radius 1 is 1.12 bits per heavy atom. The van der Waals surface area contributed by atoms with Crippen molar-refractivity contribution in [3.8, 4) is 0 Å². The van der Waals surface area contributed by atoms with Crippen molar-refractivity contribution in [3.63, 3.8) is 0 Å². The Balaban J connectivity index is 1.67. The van der Waals surface area contributed by atoms with Gasteiger partial charge in [0.1, 0.15) is 0 Å². The van der Waals surface area contributed by atoms with Crippen LogP contribution in [0, 0.1) is 11.8 Å². The van der Waals surface area contributed by atoms with Crippen molar-refractivity contribution in [2.75, 3.05) is 6.61 Å². The van der Waals surface area contributed by atoms with Crippen LogP contribution in [-0.4, -0.2) is 6.61 Å². The second kappa shape index (κ2) is 6.80. The molecule has 1 unspecified atom stereocenters. The summed E-state index contributed by atoms with van der Waals surface area (Å²) < 4.78 is 5.83. The zero-order valence-electron chi connectivity index (χ0n) is 10.9. The fourth-order valence-corrected chi connectivity index (χ4v) is 2.78. The lowest BCUT2D eigenvalue weighted by Gasteiger charge is -2.27. The van der Waals surface area contributed by atoms with Crippen molar-refractivity contribution in [3.05, 3.63) is 35.9 Å². The highest BCUT2D eigenvalue weighted by Crippen LogP contribution is 2.29. The molecule has 1 aliphatic carbocycles. The first-order chi connectivity index (χ1) is 8.36. The Hall–Kier alpha value is -0.820. The van der Waals surface area contributed by atoms with E-state index >= 15 is 0 Å². The molecule has 1 nitrogen and oxygen atoms in total. The zero-order valence-corrected chi connectivity index (χ0v) is 10.9. The zero-order chi connectivity index (χ0) is 11.9. The molecule has 2 rings (SSSR count). The highest BCUT2D eigenvalue weighted by molar-refractivity contribution is 5.13. The van der Waals surface area contributed by atoms with Crippen LogP contribution >= 0.6 is 0 Å². The molecule has 0 bridgehead atoms. The largest absolute Gasteiger partial charge is 0.376 e. The van der Waals surface area contributed by atoms with Crippen LogP contribution in [0.4, 0.5) is 0 Å². The van der Waals surface area contributed by atoms with E-state index in [2.05, 4.69) is 31.2 Å². The molecule has 1 aromatic carbocycles. The summed E-state index contributed by atoms with van der Waals surface area (Å²) in [6.07, 6.45) is 7.11. The smallest absolute Gasteiger partial charge is 0.0717 e. The fraction of sp³-hybridized carbons (Fsp3) is 0.625. The quantitative estimate of drug-likeness (QED) is 0.730. The summed E-state index contributed by atoms with van der Waals surface area (Å²) in [5.41, 5.74) is 1.28. The lowest BCUT2D eigenvalue weighted by Crippen LogP contribution is -2.19. The second-order valence-corrected chi connectivity index (χ2v) is 5.38. The molecule has 0 saturated heterocycles. The number of rotatable bonds is 5. The van der Waals surface area contributed by atoms with E-state index in [1.165, 1.54) is 37.7 Å². The number of ether oxygens (including phenoxy) is 1. The third-order valence-electron chi connectivity index (χ3n) is 3.95. The lowest BCUT2D eigenvalue weighted by atomic mass is 9.81. The number of hydrogen-bond acceptors (Lipinski definition) is 1. The minimum Gasteiger partial charge on any atom is -0.376 e. The van der Waals surface area contributed by atoms with Gasteiger partial charge in [0.2, 0.25) is 0 Å². The highest BCUT2D eigenvalue weighted by Gasteiger charge is 2.19. The van der Waals surface area contributed by atoms with E-state index in [4.69, 9.17) is 4.74 Å². The summed E-state index contributed by atoms with van der Waals surface area (Å²) in [6, 6.07) is 10.5. The third-order valence-corrected chi connectivity index (χ3v) is 3.95. The number of benzene rings is 1. The molecule has 1 aromatic rings. The van der Waals surface area contributed by atoms with Gasteiger partial charge in [-0.2, -0.15) is 0 Å². The van der Waals surface area contributed by atoms with Gasteiger partial charge in [-0.15, -0.1) is 0 Å². The molecule has 94 valence electrons. The van der Waals surface area contributed by atoms with Gasteiger partial charge in [-0.25, -0.2) is 0 Å². The van der Waals surface area contributed by atoms with E-state index in [1.54, 1.807) is 0 Å². The van der Waals surface area contributed by atoms with Crippen LogP contribution in [0.2, 0.25) is 0 Å². The summed E-state index contributed by atoms with van der Waals surface area (Å²) >= 11 is 0. The molecule has 0 amide bonds. The Morgan fingerprint density at radius 2 is 1.82 bits per heavy atom. The van der Waals surface area contributed by atoms with Crippen molar-refractivity contribution >= 4 is 0 Å². The minimum absolute atomic E-state index is 0.721. The molecule has 1 fully saturated rings. The topological polar surface area (TPSA) is 9.23 Å². The summed E-state index contributed by atoms with van der Waals surface area (Å²) in [6.45, 7) is 4.03. The van der Waals surface area contributed by atoms with Crippen molar-refractivity contribution in [2.45, 2.75) is 45.6 Å². The van der Waals surface area contributed by atoms with Gasteiger partial charge < -0.3 is 4.74 Å². The fourth-order valence-electron chi connectivity index (χ4n) is 2.78. The van der Waals surface area contributed by atoms with Crippen molar-refractivity contribution in [1.82, 2.24) is 0 Å². The van der Waals surface area contributed by atoms with Crippen LogP contribution in [0.5, 0.6) is 0 Å². The highest BCUT2D eigenvalue weighted by atomic mass is 16.5. The molecule has 0 N–H and O–H groups in total. The van der Waals surface area contributed by atoms with Gasteiger partial charge in [-0.3, -0.25) is 0 Å². The summed E-state index contributed by atoms with van der Waals surface area (Å²) in [4.78, 5) is 0. The molecule has 1 atom stereocenters. The number of hydrogen-bond donors (Lipinski definition) is 0. The van der Waals surface area contributed by atoms with Crippen LogP contribution in [0.1, 0.15) is 44.6 Å². The van der Waals surface area contributed by atoms with E-state index in [0.717, 1.165) is 25.0 Å². The van der Waals surface area contributed by atoms with Crippen molar-refractivity contribution in [1.29, 1.82) is 0 Å². The first-order valence-electron chi connectivity index (χ1n) is 6.98. The average Bonchev–Trinajstić information content (AvgIpc) is 2.41. The van der Waals surface area contributed by atoms with E-state index < -0.39 is 0 Å². The first kappa shape index (κ1) is 12.6. The molecular weight excluding hydrogens is 208 g/mol. The minimum atomic E-state index is 0.721. The Bertz CT molecular complexity index is 301. The van der Waals surface area contributed by atoms with E-state index in [-0.39, 0.29) is 0 Å². The van der Waals surface area contributed by atoms with Gasteiger partial charge in [0.05, 0.1) is 6.61 Å². The SMILES string of the molecule is CC(COCc1ccccc1)C1CCCCC1. The summed E-state index contributed by atoms with van der Waals surface area (Å²) in [5.74, 6) is 1.62. The maximum absolute atomic E-state index is 5.83. The second-order valence-electron chi connectivity index (χ2n) is 5.38. The summed E-state index contributed by atoms with van der Waals surface area (Å²) in [7, 11) is 0. The Labute approximate surface area is 105 Å². The van der Waals surface area contributed by atoms with E-state index in [9.17, 15) is 0 Å².